The van der Waals surface area contributed by atoms with Crippen LogP contribution in [0.5, 0.6) is 0 Å². The summed E-state index contributed by atoms with van der Waals surface area (Å²) in [5.74, 6) is 2.11. The topological polar surface area (TPSA) is 39.2 Å². The first-order valence-electron chi connectivity index (χ1n) is 3.74. The lowest BCUT2D eigenvalue weighted by Crippen LogP contribution is -2.04. The number of terminal acetylenes is 1. The molecule has 3 nitrogen and oxygen atoms in total. The van der Waals surface area contributed by atoms with Crippen molar-refractivity contribution in [3.05, 3.63) is 29.6 Å². The normalized spacial score (nSPS) is 8.92. The Labute approximate surface area is 76.8 Å². The minimum Gasteiger partial charge on any atom is -0.469 e. The summed E-state index contributed by atoms with van der Waals surface area (Å²) in [6, 6.07) is 3.43. The first kappa shape index (κ1) is 9.27. The van der Waals surface area contributed by atoms with E-state index in [0.29, 0.717) is 5.69 Å². The molecular weight excluding hydrogens is 166 g/mol. The monoisotopic (exact) mass is 175 g/mol. The number of hydrogen-bond acceptors (Lipinski definition) is 3. The summed E-state index contributed by atoms with van der Waals surface area (Å²) >= 11 is 0. The molecule has 0 saturated carbocycles. The van der Waals surface area contributed by atoms with Crippen LogP contribution >= 0.6 is 0 Å². The lowest BCUT2D eigenvalue weighted by atomic mass is 10.2. The molecule has 0 atom stereocenters. The Hall–Kier alpha value is -1.82. The van der Waals surface area contributed by atoms with Crippen molar-refractivity contribution in [2.24, 2.45) is 0 Å². The summed E-state index contributed by atoms with van der Waals surface area (Å²) in [6.45, 7) is 0. The van der Waals surface area contributed by atoms with Gasteiger partial charge in [-0.2, -0.15) is 0 Å². The van der Waals surface area contributed by atoms with E-state index in [1.807, 2.05) is 0 Å². The van der Waals surface area contributed by atoms with Crippen molar-refractivity contribution in [2.75, 3.05) is 7.11 Å². The highest BCUT2D eigenvalue weighted by molar-refractivity contribution is 5.72. The Balaban J connectivity index is 2.79. The predicted octanol–water partition coefficient (Wildman–Crippen LogP) is 0.778. The van der Waals surface area contributed by atoms with Gasteiger partial charge in [-0.25, -0.2) is 4.98 Å². The first-order chi connectivity index (χ1) is 6.26. The van der Waals surface area contributed by atoms with Gasteiger partial charge in [-0.15, -0.1) is 6.42 Å². The summed E-state index contributed by atoms with van der Waals surface area (Å²) in [4.78, 5) is 14.8. The maximum Gasteiger partial charge on any atom is 0.309 e. The van der Waals surface area contributed by atoms with Crippen LogP contribution in [0.15, 0.2) is 18.3 Å². The number of carbonyl (C=O) groups is 1. The van der Waals surface area contributed by atoms with Crippen LogP contribution in [-0.2, 0) is 16.0 Å². The molecule has 0 radical (unpaired) electrons. The fourth-order valence-corrected chi connectivity index (χ4v) is 0.902. The molecule has 0 unspecified atom stereocenters. The van der Waals surface area contributed by atoms with Crippen molar-refractivity contribution in [3.8, 4) is 12.3 Å². The van der Waals surface area contributed by atoms with E-state index in [0.717, 1.165) is 5.56 Å². The van der Waals surface area contributed by atoms with Gasteiger partial charge in [0, 0.05) is 6.20 Å². The molecular formula is C10H9NO2. The second-order valence-electron chi connectivity index (χ2n) is 2.45. The van der Waals surface area contributed by atoms with E-state index in [-0.39, 0.29) is 12.4 Å². The van der Waals surface area contributed by atoms with E-state index in [2.05, 4.69) is 15.6 Å². The number of hydrogen-bond donors (Lipinski definition) is 0. The van der Waals surface area contributed by atoms with E-state index >= 15 is 0 Å². The summed E-state index contributed by atoms with van der Waals surface area (Å²) in [7, 11) is 1.35. The van der Waals surface area contributed by atoms with Crippen molar-refractivity contribution >= 4 is 5.97 Å². The molecule has 0 saturated heterocycles. The Kier molecular flexibility index (Phi) is 3.04. The largest absolute Gasteiger partial charge is 0.469 e. The molecule has 0 aliphatic heterocycles. The van der Waals surface area contributed by atoms with Crippen LogP contribution in [0.1, 0.15) is 11.3 Å². The van der Waals surface area contributed by atoms with Crippen LogP contribution in [0.2, 0.25) is 0 Å². The molecule has 0 spiro atoms. The molecule has 13 heavy (non-hydrogen) atoms. The van der Waals surface area contributed by atoms with Gasteiger partial charge in [0.05, 0.1) is 13.5 Å². The molecule has 1 heterocycles. The van der Waals surface area contributed by atoms with E-state index in [4.69, 9.17) is 6.42 Å². The van der Waals surface area contributed by atoms with Crippen LogP contribution in [0, 0.1) is 12.3 Å². The van der Waals surface area contributed by atoms with Gasteiger partial charge >= 0.3 is 5.97 Å². The van der Waals surface area contributed by atoms with E-state index in [9.17, 15) is 4.79 Å². The lowest BCUT2D eigenvalue weighted by molar-refractivity contribution is -0.139. The number of rotatable bonds is 2. The predicted molar refractivity (Wildman–Crippen MR) is 47.9 cm³/mol. The van der Waals surface area contributed by atoms with Crippen molar-refractivity contribution in [3.63, 3.8) is 0 Å². The number of nitrogens with zero attached hydrogens (tertiary/aromatic N) is 1. The van der Waals surface area contributed by atoms with Crippen LogP contribution < -0.4 is 0 Å². The molecule has 0 amide bonds. The molecule has 0 aromatic carbocycles. The molecule has 0 aliphatic rings. The quantitative estimate of drug-likeness (QED) is 0.492. The SMILES string of the molecule is C#Cc1cc(CC(=O)OC)ccn1. The molecule has 1 aromatic rings. The number of carbonyl (C=O) groups excluding carboxylic acids is 1. The first-order valence-corrected chi connectivity index (χ1v) is 3.74. The molecule has 0 aliphatic carbocycles. The minimum absolute atomic E-state index is 0.230. The van der Waals surface area contributed by atoms with Gasteiger partial charge in [-0.1, -0.05) is 5.92 Å². The second-order valence-corrected chi connectivity index (χ2v) is 2.45. The number of esters is 1. The highest BCUT2D eigenvalue weighted by Crippen LogP contribution is 2.02. The number of pyridine rings is 1. The number of methoxy groups -OCH3 is 1. The standard InChI is InChI=1S/C10H9NO2/c1-3-9-6-8(4-5-11-9)7-10(12)13-2/h1,4-6H,7H2,2H3. The summed E-state index contributed by atoms with van der Waals surface area (Å²) in [6.07, 6.45) is 6.96. The van der Waals surface area contributed by atoms with Gasteiger partial charge in [-0.3, -0.25) is 4.79 Å². The van der Waals surface area contributed by atoms with E-state index < -0.39 is 0 Å². The van der Waals surface area contributed by atoms with Gasteiger partial charge in [-0.05, 0) is 17.7 Å². The molecule has 0 bridgehead atoms. The number of aromatic nitrogens is 1. The second kappa shape index (κ2) is 4.27. The zero-order valence-electron chi connectivity index (χ0n) is 7.28. The third kappa shape index (κ3) is 2.60. The van der Waals surface area contributed by atoms with Crippen molar-refractivity contribution in [1.82, 2.24) is 4.98 Å². The highest BCUT2D eigenvalue weighted by Gasteiger charge is 2.02. The van der Waals surface area contributed by atoms with Crippen molar-refractivity contribution in [1.29, 1.82) is 0 Å². The summed E-state index contributed by atoms with van der Waals surface area (Å²) < 4.78 is 4.52. The molecule has 0 fully saturated rings. The van der Waals surface area contributed by atoms with Crippen LogP contribution in [0.4, 0.5) is 0 Å². The molecule has 0 N–H and O–H groups in total. The minimum atomic E-state index is -0.283. The molecule has 1 aromatic heterocycles. The maximum absolute atomic E-state index is 10.9. The smallest absolute Gasteiger partial charge is 0.309 e. The van der Waals surface area contributed by atoms with Crippen LogP contribution in [-0.4, -0.2) is 18.1 Å². The molecule has 3 heteroatoms. The summed E-state index contributed by atoms with van der Waals surface area (Å²) in [5, 5.41) is 0. The van der Waals surface area contributed by atoms with Gasteiger partial charge in [0.15, 0.2) is 0 Å². The maximum atomic E-state index is 10.9. The van der Waals surface area contributed by atoms with Crippen LogP contribution in [0.3, 0.4) is 0 Å². The zero-order chi connectivity index (χ0) is 9.68. The van der Waals surface area contributed by atoms with Crippen LogP contribution in [0.25, 0.3) is 0 Å². The third-order valence-corrected chi connectivity index (χ3v) is 1.55. The Morgan fingerprint density at radius 1 is 1.77 bits per heavy atom. The fraction of sp³-hybridized carbons (Fsp3) is 0.200. The van der Waals surface area contributed by atoms with E-state index in [1.165, 1.54) is 7.11 Å². The van der Waals surface area contributed by atoms with Crippen molar-refractivity contribution < 1.29 is 9.53 Å². The van der Waals surface area contributed by atoms with Gasteiger partial charge in [0.2, 0.25) is 0 Å². The third-order valence-electron chi connectivity index (χ3n) is 1.55. The zero-order valence-corrected chi connectivity index (χ0v) is 7.28. The molecule has 1 rings (SSSR count). The Morgan fingerprint density at radius 3 is 3.15 bits per heavy atom. The van der Waals surface area contributed by atoms with Gasteiger partial charge < -0.3 is 4.74 Å². The lowest BCUT2D eigenvalue weighted by Gasteiger charge is -1.99. The average molecular weight is 175 g/mol. The molecule has 66 valence electrons. The average Bonchev–Trinajstić information content (AvgIpc) is 2.18. The van der Waals surface area contributed by atoms with Gasteiger partial charge in [0.1, 0.15) is 5.69 Å². The fourth-order valence-electron chi connectivity index (χ4n) is 0.902. The number of ether oxygens (including phenoxy) is 1. The van der Waals surface area contributed by atoms with Crippen molar-refractivity contribution in [2.45, 2.75) is 6.42 Å². The Morgan fingerprint density at radius 2 is 2.54 bits per heavy atom. The Bertz CT molecular complexity index is 352. The highest BCUT2D eigenvalue weighted by atomic mass is 16.5. The van der Waals surface area contributed by atoms with Gasteiger partial charge in [0.25, 0.3) is 0 Å². The summed E-state index contributed by atoms with van der Waals surface area (Å²) in [5.41, 5.74) is 1.34. The van der Waals surface area contributed by atoms with E-state index in [1.54, 1.807) is 18.3 Å².